The summed E-state index contributed by atoms with van der Waals surface area (Å²) in [6, 6.07) is 0. The zero-order chi connectivity index (χ0) is 9.86. The molecule has 1 heterocycles. The van der Waals surface area contributed by atoms with Crippen LogP contribution in [-0.2, 0) is 6.54 Å². The van der Waals surface area contributed by atoms with Crippen LogP contribution in [-0.4, -0.2) is 15.5 Å². The van der Waals surface area contributed by atoms with Crippen LogP contribution >= 0.6 is 0 Å². The maximum atomic E-state index is 4.00. The summed E-state index contributed by atoms with van der Waals surface area (Å²) in [4.78, 5) is 8.00. The molecular weight excluding hydrogens is 174 g/mol. The Morgan fingerprint density at radius 3 is 2.57 bits per heavy atom. The first-order chi connectivity index (χ1) is 6.79. The zero-order valence-corrected chi connectivity index (χ0v) is 8.66. The topological polar surface area (TPSA) is 37.8 Å². The Morgan fingerprint density at radius 1 is 1.29 bits per heavy atom. The van der Waals surface area contributed by atoms with Gasteiger partial charge < -0.3 is 5.32 Å². The zero-order valence-electron chi connectivity index (χ0n) is 8.66. The molecule has 1 aromatic heterocycles. The minimum absolute atomic E-state index is 0.343. The summed E-state index contributed by atoms with van der Waals surface area (Å²) in [5, 5.41) is 3.59. The molecule has 3 heteroatoms. The molecule has 0 unspecified atom stereocenters. The minimum Gasteiger partial charge on any atom is -0.307 e. The Hall–Kier alpha value is -0.960. The smallest absolute Gasteiger partial charge is 0.115 e. The van der Waals surface area contributed by atoms with Crippen molar-refractivity contribution in [2.45, 2.75) is 44.7 Å². The highest BCUT2D eigenvalue weighted by Crippen LogP contribution is 2.28. The number of nitrogens with one attached hydrogen (secondary N) is 1. The van der Waals surface area contributed by atoms with Gasteiger partial charge in [-0.05, 0) is 19.8 Å². The van der Waals surface area contributed by atoms with Crippen LogP contribution in [0.25, 0.3) is 0 Å². The SMILES string of the molecule is CC1(NCc2cncnc2)CCCC1. The highest BCUT2D eigenvalue weighted by atomic mass is 15.0. The molecule has 1 aliphatic rings. The van der Waals surface area contributed by atoms with Crippen LogP contribution in [0, 0.1) is 0 Å². The van der Waals surface area contributed by atoms with Gasteiger partial charge in [0.25, 0.3) is 0 Å². The lowest BCUT2D eigenvalue weighted by atomic mass is 10.0. The molecule has 0 radical (unpaired) electrons. The lowest BCUT2D eigenvalue weighted by molar-refractivity contribution is 0.362. The largest absolute Gasteiger partial charge is 0.307 e. The Labute approximate surface area is 85.0 Å². The molecule has 0 atom stereocenters. The van der Waals surface area contributed by atoms with E-state index < -0.39 is 0 Å². The van der Waals surface area contributed by atoms with E-state index in [1.165, 1.54) is 31.2 Å². The predicted molar refractivity (Wildman–Crippen MR) is 55.7 cm³/mol. The molecule has 0 amide bonds. The van der Waals surface area contributed by atoms with E-state index in [1.54, 1.807) is 6.33 Å². The molecule has 3 nitrogen and oxygen atoms in total. The highest BCUT2D eigenvalue weighted by Gasteiger charge is 2.27. The molecule has 0 saturated heterocycles. The van der Waals surface area contributed by atoms with Crippen LogP contribution in [0.2, 0.25) is 0 Å². The van der Waals surface area contributed by atoms with Gasteiger partial charge in [-0.25, -0.2) is 9.97 Å². The van der Waals surface area contributed by atoms with Gasteiger partial charge in [-0.1, -0.05) is 12.8 Å². The van der Waals surface area contributed by atoms with Crippen molar-refractivity contribution in [1.82, 2.24) is 15.3 Å². The second kappa shape index (κ2) is 4.05. The van der Waals surface area contributed by atoms with Crippen LogP contribution in [0.15, 0.2) is 18.7 Å². The van der Waals surface area contributed by atoms with Crippen molar-refractivity contribution >= 4 is 0 Å². The van der Waals surface area contributed by atoms with E-state index in [4.69, 9.17) is 0 Å². The monoisotopic (exact) mass is 191 g/mol. The van der Waals surface area contributed by atoms with Crippen molar-refractivity contribution in [1.29, 1.82) is 0 Å². The maximum Gasteiger partial charge on any atom is 0.115 e. The third-order valence-corrected chi connectivity index (χ3v) is 3.04. The number of nitrogens with zero attached hydrogens (tertiary/aromatic N) is 2. The molecule has 0 spiro atoms. The molecule has 0 aromatic carbocycles. The first kappa shape index (κ1) is 9.59. The Balaban J connectivity index is 1.88. The molecule has 0 bridgehead atoms. The Bertz CT molecular complexity index is 278. The van der Waals surface area contributed by atoms with Crippen LogP contribution in [0.1, 0.15) is 38.2 Å². The average Bonchev–Trinajstić information content (AvgIpc) is 2.65. The van der Waals surface area contributed by atoms with Gasteiger partial charge in [-0.2, -0.15) is 0 Å². The number of hydrogen-bond donors (Lipinski definition) is 1. The molecule has 1 aromatic rings. The quantitative estimate of drug-likeness (QED) is 0.793. The van der Waals surface area contributed by atoms with Crippen molar-refractivity contribution in [2.75, 3.05) is 0 Å². The summed E-state index contributed by atoms with van der Waals surface area (Å²) in [6.45, 7) is 3.20. The van der Waals surface area contributed by atoms with E-state index in [2.05, 4.69) is 22.2 Å². The number of rotatable bonds is 3. The van der Waals surface area contributed by atoms with E-state index in [0.29, 0.717) is 5.54 Å². The predicted octanol–water partition coefficient (Wildman–Crippen LogP) is 1.90. The van der Waals surface area contributed by atoms with Crippen molar-refractivity contribution in [2.24, 2.45) is 0 Å². The van der Waals surface area contributed by atoms with Gasteiger partial charge in [0, 0.05) is 30.0 Å². The van der Waals surface area contributed by atoms with Gasteiger partial charge in [0.05, 0.1) is 0 Å². The van der Waals surface area contributed by atoms with Crippen molar-refractivity contribution in [3.63, 3.8) is 0 Å². The lowest BCUT2D eigenvalue weighted by Gasteiger charge is -2.25. The molecule has 0 aliphatic heterocycles. The van der Waals surface area contributed by atoms with E-state index in [1.807, 2.05) is 12.4 Å². The molecule has 14 heavy (non-hydrogen) atoms. The van der Waals surface area contributed by atoms with Crippen LogP contribution < -0.4 is 5.32 Å². The molecule has 1 aliphatic carbocycles. The number of hydrogen-bond acceptors (Lipinski definition) is 3. The molecule has 1 fully saturated rings. The first-order valence-electron chi connectivity index (χ1n) is 5.27. The molecule has 1 saturated carbocycles. The molecule has 76 valence electrons. The van der Waals surface area contributed by atoms with E-state index >= 15 is 0 Å². The fourth-order valence-electron chi connectivity index (χ4n) is 2.07. The van der Waals surface area contributed by atoms with Gasteiger partial charge in [0.15, 0.2) is 0 Å². The average molecular weight is 191 g/mol. The third-order valence-electron chi connectivity index (χ3n) is 3.04. The van der Waals surface area contributed by atoms with Gasteiger partial charge in [-0.15, -0.1) is 0 Å². The summed E-state index contributed by atoms with van der Waals surface area (Å²) in [5.74, 6) is 0. The van der Waals surface area contributed by atoms with Crippen molar-refractivity contribution < 1.29 is 0 Å². The van der Waals surface area contributed by atoms with E-state index in [0.717, 1.165) is 6.54 Å². The fraction of sp³-hybridized carbons (Fsp3) is 0.636. The highest BCUT2D eigenvalue weighted by molar-refractivity contribution is 5.03. The molecule has 2 rings (SSSR count). The lowest BCUT2D eigenvalue weighted by Crippen LogP contribution is -2.38. The molecular formula is C11H17N3. The summed E-state index contributed by atoms with van der Waals surface area (Å²) in [6.07, 6.45) is 10.6. The van der Waals surface area contributed by atoms with Gasteiger partial charge in [0.2, 0.25) is 0 Å². The van der Waals surface area contributed by atoms with Crippen LogP contribution in [0.4, 0.5) is 0 Å². The minimum atomic E-state index is 0.343. The standard InChI is InChI=1S/C11H17N3/c1-11(4-2-3-5-11)14-8-10-6-12-9-13-7-10/h6-7,9,14H,2-5,8H2,1H3. The van der Waals surface area contributed by atoms with Crippen molar-refractivity contribution in [3.05, 3.63) is 24.3 Å². The summed E-state index contributed by atoms with van der Waals surface area (Å²) in [7, 11) is 0. The number of aromatic nitrogens is 2. The van der Waals surface area contributed by atoms with Gasteiger partial charge in [0.1, 0.15) is 6.33 Å². The van der Waals surface area contributed by atoms with E-state index in [-0.39, 0.29) is 0 Å². The van der Waals surface area contributed by atoms with Gasteiger partial charge >= 0.3 is 0 Å². The van der Waals surface area contributed by atoms with Crippen LogP contribution in [0.3, 0.4) is 0 Å². The summed E-state index contributed by atoms with van der Waals surface area (Å²) < 4.78 is 0. The maximum absolute atomic E-state index is 4.00. The Morgan fingerprint density at radius 2 is 1.93 bits per heavy atom. The fourth-order valence-corrected chi connectivity index (χ4v) is 2.07. The summed E-state index contributed by atoms with van der Waals surface area (Å²) in [5.41, 5.74) is 1.51. The van der Waals surface area contributed by atoms with Crippen LogP contribution in [0.5, 0.6) is 0 Å². The van der Waals surface area contributed by atoms with Crippen molar-refractivity contribution in [3.8, 4) is 0 Å². The Kier molecular flexibility index (Phi) is 2.77. The second-order valence-corrected chi connectivity index (χ2v) is 4.37. The third kappa shape index (κ3) is 2.29. The second-order valence-electron chi connectivity index (χ2n) is 4.37. The molecule has 1 N–H and O–H groups in total. The first-order valence-corrected chi connectivity index (χ1v) is 5.27. The van der Waals surface area contributed by atoms with E-state index in [9.17, 15) is 0 Å². The van der Waals surface area contributed by atoms with Gasteiger partial charge in [-0.3, -0.25) is 0 Å². The normalized spacial score (nSPS) is 19.8. The summed E-state index contributed by atoms with van der Waals surface area (Å²) >= 11 is 0.